The third-order valence-corrected chi connectivity index (χ3v) is 1.89. The summed E-state index contributed by atoms with van der Waals surface area (Å²) in [6.07, 6.45) is 5.27. The van der Waals surface area contributed by atoms with Crippen molar-refractivity contribution in [1.82, 2.24) is 9.78 Å². The lowest BCUT2D eigenvalue weighted by Crippen LogP contribution is -2.05. The van der Waals surface area contributed by atoms with Crippen LogP contribution < -0.4 is 5.73 Å². The number of nitrogens with two attached hydrogens (primary N) is 1. The molecule has 0 bridgehead atoms. The van der Waals surface area contributed by atoms with Crippen LogP contribution in [0.25, 0.3) is 0 Å². The zero-order chi connectivity index (χ0) is 8.97. The highest BCUT2D eigenvalue weighted by molar-refractivity contribution is 5.17. The molecule has 0 aliphatic rings. The van der Waals surface area contributed by atoms with Crippen molar-refractivity contribution in [2.75, 3.05) is 6.54 Å². The van der Waals surface area contributed by atoms with Gasteiger partial charge in [-0.05, 0) is 18.5 Å². The number of hydrogen-bond acceptors (Lipinski definition) is 2. The van der Waals surface area contributed by atoms with E-state index in [1.54, 1.807) is 0 Å². The van der Waals surface area contributed by atoms with Crippen molar-refractivity contribution >= 4 is 0 Å². The van der Waals surface area contributed by atoms with E-state index in [0.717, 1.165) is 12.8 Å². The van der Waals surface area contributed by atoms with Gasteiger partial charge in [-0.25, -0.2) is 0 Å². The van der Waals surface area contributed by atoms with Gasteiger partial charge in [-0.15, -0.1) is 0 Å². The molecular weight excluding hydrogens is 150 g/mol. The van der Waals surface area contributed by atoms with Gasteiger partial charge in [0.05, 0.1) is 5.69 Å². The molecule has 1 rings (SSSR count). The molecule has 3 nitrogen and oxygen atoms in total. The molecule has 0 spiro atoms. The van der Waals surface area contributed by atoms with E-state index in [4.69, 9.17) is 5.73 Å². The molecule has 0 atom stereocenters. The third kappa shape index (κ3) is 2.08. The molecule has 0 saturated heterocycles. The van der Waals surface area contributed by atoms with Gasteiger partial charge in [0.2, 0.25) is 0 Å². The fourth-order valence-corrected chi connectivity index (χ4v) is 1.41. The fraction of sp³-hybridized carbons (Fsp3) is 0.667. The van der Waals surface area contributed by atoms with E-state index >= 15 is 0 Å². The Morgan fingerprint density at radius 2 is 2.25 bits per heavy atom. The normalized spacial score (nSPS) is 10.6. The summed E-state index contributed by atoms with van der Waals surface area (Å²) in [5, 5.41) is 4.36. The largest absolute Gasteiger partial charge is 0.330 e. The van der Waals surface area contributed by atoms with Crippen molar-refractivity contribution < 1.29 is 0 Å². The Balaban J connectivity index is 2.76. The topological polar surface area (TPSA) is 43.8 Å². The standard InChI is InChI=1S/C9H17N3/c1-3-4-8-7-12(2)11-9(8)5-6-10/h7H,3-6,10H2,1-2H3. The Morgan fingerprint density at radius 1 is 1.50 bits per heavy atom. The molecule has 0 aliphatic heterocycles. The minimum atomic E-state index is 0.688. The Morgan fingerprint density at radius 3 is 2.83 bits per heavy atom. The van der Waals surface area contributed by atoms with Gasteiger partial charge in [-0.3, -0.25) is 4.68 Å². The molecule has 0 aromatic carbocycles. The van der Waals surface area contributed by atoms with E-state index < -0.39 is 0 Å². The van der Waals surface area contributed by atoms with Gasteiger partial charge >= 0.3 is 0 Å². The molecule has 0 radical (unpaired) electrons. The smallest absolute Gasteiger partial charge is 0.0668 e. The number of hydrogen-bond donors (Lipinski definition) is 1. The zero-order valence-electron chi connectivity index (χ0n) is 7.88. The van der Waals surface area contributed by atoms with Gasteiger partial charge in [-0.2, -0.15) is 5.10 Å². The SMILES string of the molecule is CCCc1cn(C)nc1CCN. The second-order valence-electron chi connectivity index (χ2n) is 3.06. The number of nitrogens with zero attached hydrogens (tertiary/aromatic N) is 2. The Hall–Kier alpha value is -0.830. The maximum absolute atomic E-state index is 5.49. The van der Waals surface area contributed by atoms with Crippen molar-refractivity contribution in [2.24, 2.45) is 12.8 Å². The summed E-state index contributed by atoms with van der Waals surface area (Å²) in [6, 6.07) is 0. The van der Waals surface area contributed by atoms with Crippen LogP contribution in [-0.2, 0) is 19.9 Å². The van der Waals surface area contributed by atoms with Crippen LogP contribution in [0, 0.1) is 0 Å². The van der Waals surface area contributed by atoms with E-state index in [9.17, 15) is 0 Å². The first-order valence-electron chi connectivity index (χ1n) is 4.49. The number of aryl methyl sites for hydroxylation is 2. The van der Waals surface area contributed by atoms with Crippen LogP contribution in [0.3, 0.4) is 0 Å². The second-order valence-corrected chi connectivity index (χ2v) is 3.06. The van der Waals surface area contributed by atoms with E-state index in [0.29, 0.717) is 6.54 Å². The van der Waals surface area contributed by atoms with Crippen LogP contribution in [0.2, 0.25) is 0 Å². The first-order valence-corrected chi connectivity index (χ1v) is 4.49. The molecule has 1 heterocycles. The van der Waals surface area contributed by atoms with Crippen LogP contribution in [0.15, 0.2) is 6.20 Å². The average Bonchev–Trinajstić information content (AvgIpc) is 2.33. The van der Waals surface area contributed by atoms with Gasteiger partial charge in [0.15, 0.2) is 0 Å². The zero-order valence-corrected chi connectivity index (χ0v) is 7.88. The highest BCUT2D eigenvalue weighted by atomic mass is 15.2. The van der Waals surface area contributed by atoms with Crippen LogP contribution in [-0.4, -0.2) is 16.3 Å². The van der Waals surface area contributed by atoms with Gasteiger partial charge in [-0.1, -0.05) is 13.3 Å². The molecule has 0 amide bonds. The first kappa shape index (κ1) is 9.26. The summed E-state index contributed by atoms with van der Waals surface area (Å²) in [5.41, 5.74) is 8.01. The minimum absolute atomic E-state index is 0.688. The minimum Gasteiger partial charge on any atom is -0.330 e. The molecule has 0 saturated carbocycles. The lowest BCUT2D eigenvalue weighted by molar-refractivity contribution is 0.739. The van der Waals surface area contributed by atoms with Crippen molar-refractivity contribution in [1.29, 1.82) is 0 Å². The second kappa shape index (κ2) is 4.26. The molecule has 0 aliphatic carbocycles. The van der Waals surface area contributed by atoms with Crippen molar-refractivity contribution in [3.05, 3.63) is 17.5 Å². The number of aromatic nitrogens is 2. The van der Waals surface area contributed by atoms with E-state index in [1.165, 1.54) is 17.7 Å². The highest BCUT2D eigenvalue weighted by Gasteiger charge is 2.04. The lowest BCUT2D eigenvalue weighted by atomic mass is 10.1. The fourth-order valence-electron chi connectivity index (χ4n) is 1.41. The molecule has 0 unspecified atom stereocenters. The lowest BCUT2D eigenvalue weighted by Gasteiger charge is -1.96. The Kier molecular flexibility index (Phi) is 3.29. The molecule has 3 heteroatoms. The average molecular weight is 167 g/mol. The Bertz CT molecular complexity index is 216. The number of rotatable bonds is 4. The maximum Gasteiger partial charge on any atom is 0.0668 e. The summed E-state index contributed by atoms with van der Waals surface area (Å²) in [5.74, 6) is 0. The summed E-state index contributed by atoms with van der Waals surface area (Å²) in [4.78, 5) is 0. The van der Waals surface area contributed by atoms with Gasteiger partial charge in [0.25, 0.3) is 0 Å². The van der Waals surface area contributed by atoms with Gasteiger partial charge in [0, 0.05) is 19.7 Å². The molecule has 12 heavy (non-hydrogen) atoms. The van der Waals surface area contributed by atoms with Crippen LogP contribution in [0.1, 0.15) is 24.6 Å². The van der Waals surface area contributed by atoms with Gasteiger partial charge < -0.3 is 5.73 Å². The third-order valence-electron chi connectivity index (χ3n) is 1.89. The quantitative estimate of drug-likeness (QED) is 0.723. The van der Waals surface area contributed by atoms with E-state index in [1.807, 2.05) is 11.7 Å². The summed E-state index contributed by atoms with van der Waals surface area (Å²) in [6.45, 7) is 2.87. The van der Waals surface area contributed by atoms with Crippen molar-refractivity contribution in [2.45, 2.75) is 26.2 Å². The molecular formula is C9H17N3. The molecule has 1 aromatic heterocycles. The molecule has 68 valence electrons. The highest BCUT2D eigenvalue weighted by Crippen LogP contribution is 2.08. The van der Waals surface area contributed by atoms with Crippen molar-refractivity contribution in [3.8, 4) is 0 Å². The first-order chi connectivity index (χ1) is 5.77. The summed E-state index contributed by atoms with van der Waals surface area (Å²) >= 11 is 0. The van der Waals surface area contributed by atoms with Crippen LogP contribution in [0.4, 0.5) is 0 Å². The Labute approximate surface area is 73.6 Å². The molecule has 1 aromatic rings. The van der Waals surface area contributed by atoms with E-state index in [2.05, 4.69) is 18.2 Å². The molecule has 0 fully saturated rings. The van der Waals surface area contributed by atoms with Gasteiger partial charge in [0.1, 0.15) is 0 Å². The monoisotopic (exact) mass is 167 g/mol. The predicted octanol–water partition coefficient (Wildman–Crippen LogP) is 0.874. The van der Waals surface area contributed by atoms with Crippen LogP contribution in [0.5, 0.6) is 0 Å². The maximum atomic E-state index is 5.49. The van der Waals surface area contributed by atoms with Crippen molar-refractivity contribution in [3.63, 3.8) is 0 Å². The molecule has 2 N–H and O–H groups in total. The summed E-state index contributed by atoms with van der Waals surface area (Å²) in [7, 11) is 1.96. The predicted molar refractivity (Wildman–Crippen MR) is 50.0 cm³/mol. The summed E-state index contributed by atoms with van der Waals surface area (Å²) < 4.78 is 1.87. The van der Waals surface area contributed by atoms with E-state index in [-0.39, 0.29) is 0 Å². The van der Waals surface area contributed by atoms with Crippen LogP contribution >= 0.6 is 0 Å².